The van der Waals surface area contributed by atoms with Crippen LogP contribution in [0.3, 0.4) is 0 Å². The van der Waals surface area contributed by atoms with Crippen LogP contribution < -0.4 is 15.5 Å². The maximum atomic E-state index is 13.9. The highest BCUT2D eigenvalue weighted by atomic mass is 28.4. The largest absolute Gasteiger partial charge is 0.518 e. The normalized spacial score (nSPS) is 12.6. The molecule has 96 valence electrons. The van der Waals surface area contributed by atoms with Gasteiger partial charge in [-0.1, -0.05) is 19.6 Å². The van der Waals surface area contributed by atoms with Crippen molar-refractivity contribution in [1.29, 1.82) is 0 Å². The number of aromatic nitrogens is 2. The van der Waals surface area contributed by atoms with Gasteiger partial charge in [0.2, 0.25) is 8.32 Å². The van der Waals surface area contributed by atoms with E-state index in [2.05, 4.69) is 9.97 Å². The van der Waals surface area contributed by atoms with Gasteiger partial charge >= 0.3 is 6.01 Å². The van der Waals surface area contributed by atoms with Crippen molar-refractivity contribution in [1.82, 2.24) is 9.97 Å². The second-order valence-electron chi connectivity index (χ2n) is 6.02. The molecule has 0 amide bonds. The van der Waals surface area contributed by atoms with Crippen LogP contribution in [-0.4, -0.2) is 26.4 Å². The van der Waals surface area contributed by atoms with Gasteiger partial charge in [0.15, 0.2) is 11.6 Å². The minimum Gasteiger partial charge on any atom is -0.518 e. The van der Waals surface area contributed by atoms with Crippen molar-refractivity contribution in [3.8, 4) is 6.01 Å². The van der Waals surface area contributed by atoms with Gasteiger partial charge in [0.05, 0.1) is 5.32 Å². The lowest BCUT2D eigenvalue weighted by molar-refractivity contribution is 0.504. The van der Waals surface area contributed by atoms with Crippen LogP contribution in [0, 0.1) is 5.82 Å². The summed E-state index contributed by atoms with van der Waals surface area (Å²) in [7, 11) is -3.69. The topological polar surface area (TPSA) is 61.0 Å². The Bertz CT molecular complexity index is 427. The van der Waals surface area contributed by atoms with E-state index in [1.807, 2.05) is 39.3 Å². The molecular weight excluding hydrogens is 253 g/mol. The minimum atomic E-state index is -1.89. The van der Waals surface area contributed by atoms with Gasteiger partial charge in [-0.05, 0) is 19.6 Å². The van der Waals surface area contributed by atoms with Crippen molar-refractivity contribution in [2.75, 3.05) is 5.73 Å². The average molecular weight is 273 g/mol. The molecule has 0 atom stereocenters. The summed E-state index contributed by atoms with van der Waals surface area (Å²) in [5, 5.41) is 0.429. The Morgan fingerprint density at radius 3 is 2.00 bits per heavy atom. The van der Waals surface area contributed by atoms with E-state index in [0.29, 0.717) is 5.32 Å². The third kappa shape index (κ3) is 3.77. The molecule has 7 heteroatoms. The van der Waals surface area contributed by atoms with Crippen LogP contribution in [-0.2, 0) is 0 Å². The predicted octanol–water partition coefficient (Wildman–Crippen LogP) is 1.96. The SMILES string of the molecule is C[Si](C)(C)Oc1nc(N)c(F)c([Si](C)(C)C)n1. The third-order valence-electron chi connectivity index (χ3n) is 1.96. The van der Waals surface area contributed by atoms with E-state index in [1.54, 1.807) is 0 Å². The highest BCUT2D eigenvalue weighted by Crippen LogP contribution is 2.15. The molecule has 0 aromatic carbocycles. The molecular formula is C10H20FN3OSi2. The van der Waals surface area contributed by atoms with E-state index >= 15 is 0 Å². The molecule has 17 heavy (non-hydrogen) atoms. The van der Waals surface area contributed by atoms with Gasteiger partial charge in [0.25, 0.3) is 0 Å². The molecule has 0 radical (unpaired) electrons. The molecule has 0 aliphatic heterocycles. The number of hydrogen-bond acceptors (Lipinski definition) is 4. The molecule has 0 bridgehead atoms. The fourth-order valence-electron chi connectivity index (χ4n) is 1.26. The Morgan fingerprint density at radius 2 is 1.59 bits per heavy atom. The van der Waals surface area contributed by atoms with E-state index in [1.165, 1.54) is 0 Å². The highest BCUT2D eigenvalue weighted by Gasteiger charge is 2.27. The molecule has 0 saturated carbocycles. The summed E-state index contributed by atoms with van der Waals surface area (Å²) in [5.74, 6) is -0.613. The standard InChI is InChI=1S/C10H20FN3OSi2/c1-16(2,3)9-7(11)8(12)13-10(14-9)15-17(4,5)6/h1-6H3,(H2,12,13,14). The Morgan fingerprint density at radius 1 is 1.06 bits per heavy atom. The molecule has 1 aromatic heterocycles. The first-order valence-corrected chi connectivity index (χ1v) is 12.4. The Labute approximate surface area is 104 Å². The van der Waals surface area contributed by atoms with Crippen molar-refractivity contribution < 1.29 is 8.82 Å². The van der Waals surface area contributed by atoms with Crippen LogP contribution in [0.4, 0.5) is 10.2 Å². The third-order valence-corrected chi connectivity index (χ3v) is 4.51. The molecule has 0 spiro atoms. The molecule has 1 heterocycles. The zero-order valence-electron chi connectivity index (χ0n) is 11.3. The zero-order valence-corrected chi connectivity index (χ0v) is 13.3. The van der Waals surface area contributed by atoms with Crippen molar-refractivity contribution >= 4 is 27.5 Å². The maximum absolute atomic E-state index is 13.9. The number of hydrogen-bond donors (Lipinski definition) is 1. The molecule has 0 aliphatic carbocycles. The summed E-state index contributed by atoms with van der Waals surface area (Å²) in [6, 6.07) is 0.209. The van der Waals surface area contributed by atoms with E-state index in [-0.39, 0.29) is 11.8 Å². The van der Waals surface area contributed by atoms with Crippen LogP contribution in [0.2, 0.25) is 39.3 Å². The van der Waals surface area contributed by atoms with Gasteiger partial charge in [0.1, 0.15) is 8.07 Å². The summed E-state index contributed by atoms with van der Waals surface area (Å²) in [6.07, 6.45) is 0. The van der Waals surface area contributed by atoms with Crippen LogP contribution in [0.15, 0.2) is 0 Å². The summed E-state index contributed by atoms with van der Waals surface area (Å²) in [5.41, 5.74) is 5.57. The van der Waals surface area contributed by atoms with Gasteiger partial charge in [-0.2, -0.15) is 4.98 Å². The fraction of sp³-hybridized carbons (Fsp3) is 0.600. The summed E-state index contributed by atoms with van der Waals surface area (Å²) < 4.78 is 19.5. The first-order valence-electron chi connectivity index (χ1n) is 5.53. The average Bonchev–Trinajstić information content (AvgIpc) is 2.06. The lowest BCUT2D eigenvalue weighted by Gasteiger charge is -2.21. The minimum absolute atomic E-state index is 0.120. The molecule has 0 aliphatic rings. The molecule has 0 unspecified atom stereocenters. The van der Waals surface area contributed by atoms with Crippen LogP contribution in [0.5, 0.6) is 6.01 Å². The van der Waals surface area contributed by atoms with Crippen LogP contribution >= 0.6 is 0 Å². The fourth-order valence-corrected chi connectivity index (χ4v) is 3.12. The first-order chi connectivity index (χ1) is 7.50. The molecule has 0 saturated heterocycles. The number of nitrogen functional groups attached to an aromatic ring is 1. The number of rotatable bonds is 3. The number of anilines is 1. The van der Waals surface area contributed by atoms with E-state index in [9.17, 15) is 4.39 Å². The second kappa shape index (κ2) is 4.37. The van der Waals surface area contributed by atoms with Crippen molar-refractivity contribution in [3.05, 3.63) is 5.82 Å². The van der Waals surface area contributed by atoms with Gasteiger partial charge in [-0.25, -0.2) is 9.37 Å². The predicted molar refractivity (Wildman–Crippen MR) is 73.4 cm³/mol. The maximum Gasteiger partial charge on any atom is 0.304 e. The van der Waals surface area contributed by atoms with Gasteiger partial charge in [0, 0.05) is 0 Å². The van der Waals surface area contributed by atoms with Crippen molar-refractivity contribution in [2.45, 2.75) is 39.3 Å². The highest BCUT2D eigenvalue weighted by molar-refractivity contribution is 6.88. The van der Waals surface area contributed by atoms with E-state index < -0.39 is 22.2 Å². The Balaban J connectivity index is 3.25. The van der Waals surface area contributed by atoms with Crippen molar-refractivity contribution in [3.63, 3.8) is 0 Å². The number of halogens is 1. The monoisotopic (exact) mass is 273 g/mol. The summed E-state index contributed by atoms with van der Waals surface area (Å²) in [4.78, 5) is 8.06. The lowest BCUT2D eigenvalue weighted by atomic mass is 10.6. The van der Waals surface area contributed by atoms with E-state index in [0.717, 1.165) is 0 Å². The van der Waals surface area contributed by atoms with Gasteiger partial charge < -0.3 is 10.2 Å². The zero-order chi connectivity index (χ0) is 13.4. The van der Waals surface area contributed by atoms with Crippen LogP contribution in [0.25, 0.3) is 0 Å². The van der Waals surface area contributed by atoms with Crippen LogP contribution in [0.1, 0.15) is 0 Å². The second-order valence-corrected chi connectivity index (χ2v) is 15.4. The van der Waals surface area contributed by atoms with E-state index in [4.69, 9.17) is 10.2 Å². The number of nitrogens with zero attached hydrogens (tertiary/aromatic N) is 2. The number of nitrogens with two attached hydrogens (primary N) is 1. The smallest absolute Gasteiger partial charge is 0.304 e. The van der Waals surface area contributed by atoms with Crippen molar-refractivity contribution in [2.24, 2.45) is 0 Å². The molecule has 1 rings (SSSR count). The summed E-state index contributed by atoms with van der Waals surface area (Å²) in [6.45, 7) is 12.1. The molecule has 4 nitrogen and oxygen atoms in total. The lowest BCUT2D eigenvalue weighted by Crippen LogP contribution is -2.44. The quantitative estimate of drug-likeness (QED) is 0.855. The molecule has 0 fully saturated rings. The van der Waals surface area contributed by atoms with Gasteiger partial charge in [-0.3, -0.25) is 0 Å². The first kappa shape index (κ1) is 14.1. The molecule has 2 N–H and O–H groups in total. The summed E-state index contributed by atoms with van der Waals surface area (Å²) >= 11 is 0. The Kier molecular flexibility index (Phi) is 3.63. The Hall–Kier alpha value is -0.956. The van der Waals surface area contributed by atoms with Gasteiger partial charge in [-0.15, -0.1) is 0 Å². The molecule has 1 aromatic rings.